The van der Waals surface area contributed by atoms with E-state index in [0.29, 0.717) is 38.9 Å². The molecule has 1 atom stereocenters. The van der Waals surface area contributed by atoms with Crippen LogP contribution in [-0.4, -0.2) is 43.7 Å². The molecule has 0 saturated carbocycles. The standard InChI is InChI=1S/C14H24O6/c1-4-17-12(15)7-5-6-8-13(16)18-9-11-10-19-14(2,3)20-11/h11H,4-10H2,1-3H3. The molecule has 0 aromatic heterocycles. The highest BCUT2D eigenvalue weighted by Gasteiger charge is 2.33. The summed E-state index contributed by atoms with van der Waals surface area (Å²) in [5.74, 6) is -1.10. The van der Waals surface area contributed by atoms with Gasteiger partial charge in [-0.3, -0.25) is 9.59 Å². The summed E-state index contributed by atoms with van der Waals surface area (Å²) in [6.45, 7) is 6.45. The van der Waals surface area contributed by atoms with Gasteiger partial charge in [0.05, 0.1) is 13.2 Å². The zero-order valence-electron chi connectivity index (χ0n) is 12.5. The van der Waals surface area contributed by atoms with Gasteiger partial charge in [0.15, 0.2) is 5.79 Å². The van der Waals surface area contributed by atoms with Gasteiger partial charge in [0.2, 0.25) is 0 Å². The maximum atomic E-state index is 11.5. The van der Waals surface area contributed by atoms with E-state index in [9.17, 15) is 9.59 Å². The summed E-state index contributed by atoms with van der Waals surface area (Å²) in [7, 11) is 0. The quantitative estimate of drug-likeness (QED) is 0.501. The Morgan fingerprint density at radius 3 is 2.25 bits per heavy atom. The largest absolute Gasteiger partial charge is 0.466 e. The highest BCUT2D eigenvalue weighted by Crippen LogP contribution is 2.22. The predicted molar refractivity (Wildman–Crippen MR) is 71.0 cm³/mol. The van der Waals surface area contributed by atoms with Crippen LogP contribution >= 0.6 is 0 Å². The Hall–Kier alpha value is -1.14. The smallest absolute Gasteiger partial charge is 0.305 e. The summed E-state index contributed by atoms with van der Waals surface area (Å²) in [5, 5.41) is 0. The molecule has 0 bridgehead atoms. The van der Waals surface area contributed by atoms with Gasteiger partial charge >= 0.3 is 11.9 Å². The minimum absolute atomic E-state index is 0.200. The summed E-state index contributed by atoms with van der Waals surface area (Å²) >= 11 is 0. The molecule has 0 N–H and O–H groups in total. The number of carbonyl (C=O) groups is 2. The molecule has 0 radical (unpaired) electrons. The summed E-state index contributed by atoms with van der Waals surface area (Å²) in [4.78, 5) is 22.6. The van der Waals surface area contributed by atoms with Gasteiger partial charge in [-0.25, -0.2) is 0 Å². The van der Waals surface area contributed by atoms with Crippen molar-refractivity contribution in [2.24, 2.45) is 0 Å². The Labute approximate surface area is 119 Å². The van der Waals surface area contributed by atoms with Gasteiger partial charge in [-0.1, -0.05) is 0 Å². The van der Waals surface area contributed by atoms with E-state index in [1.54, 1.807) is 6.92 Å². The number of hydrogen-bond acceptors (Lipinski definition) is 6. The summed E-state index contributed by atoms with van der Waals surface area (Å²) in [6.07, 6.45) is 1.69. The maximum absolute atomic E-state index is 11.5. The normalized spacial score (nSPS) is 20.6. The molecular formula is C14H24O6. The van der Waals surface area contributed by atoms with Crippen LogP contribution in [0.15, 0.2) is 0 Å². The van der Waals surface area contributed by atoms with E-state index in [0.717, 1.165) is 0 Å². The van der Waals surface area contributed by atoms with Crippen LogP contribution in [0.1, 0.15) is 46.5 Å². The van der Waals surface area contributed by atoms with Crippen molar-refractivity contribution in [1.82, 2.24) is 0 Å². The van der Waals surface area contributed by atoms with Crippen LogP contribution in [0.3, 0.4) is 0 Å². The van der Waals surface area contributed by atoms with Crippen LogP contribution in [0.5, 0.6) is 0 Å². The molecule has 1 aliphatic heterocycles. The second kappa shape index (κ2) is 8.21. The van der Waals surface area contributed by atoms with E-state index >= 15 is 0 Å². The van der Waals surface area contributed by atoms with Crippen molar-refractivity contribution in [3.8, 4) is 0 Å². The first-order chi connectivity index (χ1) is 9.43. The number of rotatable bonds is 8. The minimum Gasteiger partial charge on any atom is -0.466 e. The van der Waals surface area contributed by atoms with Crippen LogP contribution in [0, 0.1) is 0 Å². The second-order valence-corrected chi connectivity index (χ2v) is 5.15. The number of ether oxygens (including phenoxy) is 4. The summed E-state index contributed by atoms with van der Waals surface area (Å²) in [5.41, 5.74) is 0. The predicted octanol–water partition coefficient (Wildman–Crippen LogP) is 1.80. The first-order valence-corrected chi connectivity index (χ1v) is 7.06. The van der Waals surface area contributed by atoms with E-state index in [-0.39, 0.29) is 24.6 Å². The van der Waals surface area contributed by atoms with Crippen LogP contribution in [0.2, 0.25) is 0 Å². The first kappa shape index (κ1) is 16.9. The zero-order chi connectivity index (χ0) is 15.0. The van der Waals surface area contributed by atoms with Gasteiger partial charge in [0, 0.05) is 12.8 Å². The topological polar surface area (TPSA) is 71.1 Å². The molecule has 20 heavy (non-hydrogen) atoms. The van der Waals surface area contributed by atoms with Crippen molar-refractivity contribution in [1.29, 1.82) is 0 Å². The van der Waals surface area contributed by atoms with Crippen LogP contribution in [-0.2, 0) is 28.5 Å². The minimum atomic E-state index is -0.600. The molecule has 0 aliphatic carbocycles. The van der Waals surface area contributed by atoms with E-state index < -0.39 is 5.79 Å². The fourth-order valence-corrected chi connectivity index (χ4v) is 1.88. The lowest BCUT2D eigenvalue weighted by atomic mass is 10.2. The van der Waals surface area contributed by atoms with Gasteiger partial charge in [-0.05, 0) is 33.6 Å². The van der Waals surface area contributed by atoms with Gasteiger partial charge in [0.1, 0.15) is 12.7 Å². The lowest BCUT2D eigenvalue weighted by Gasteiger charge is -2.16. The van der Waals surface area contributed by atoms with Crippen molar-refractivity contribution in [2.45, 2.75) is 58.3 Å². The summed E-state index contributed by atoms with van der Waals surface area (Å²) in [6, 6.07) is 0. The van der Waals surface area contributed by atoms with Crippen molar-refractivity contribution < 1.29 is 28.5 Å². The number of unbranched alkanes of at least 4 members (excludes halogenated alkanes) is 1. The van der Waals surface area contributed by atoms with E-state index in [4.69, 9.17) is 18.9 Å². The Kier molecular flexibility index (Phi) is 6.95. The third-order valence-electron chi connectivity index (χ3n) is 2.81. The molecule has 6 heteroatoms. The van der Waals surface area contributed by atoms with E-state index in [2.05, 4.69) is 0 Å². The molecule has 1 fully saturated rings. The molecule has 1 unspecified atom stereocenters. The Balaban J connectivity index is 2.02. The lowest BCUT2D eigenvalue weighted by molar-refractivity contribution is -0.158. The summed E-state index contributed by atoms with van der Waals surface area (Å²) < 4.78 is 20.8. The van der Waals surface area contributed by atoms with Crippen molar-refractivity contribution in [3.63, 3.8) is 0 Å². The molecule has 6 nitrogen and oxygen atoms in total. The van der Waals surface area contributed by atoms with Crippen LogP contribution in [0.4, 0.5) is 0 Å². The van der Waals surface area contributed by atoms with Gasteiger partial charge in [-0.2, -0.15) is 0 Å². The Morgan fingerprint density at radius 1 is 1.15 bits per heavy atom. The van der Waals surface area contributed by atoms with Gasteiger partial charge in [0.25, 0.3) is 0 Å². The number of esters is 2. The molecule has 0 aromatic carbocycles. The molecule has 1 rings (SSSR count). The SMILES string of the molecule is CCOC(=O)CCCCC(=O)OCC1COC(C)(C)O1. The monoisotopic (exact) mass is 288 g/mol. The first-order valence-electron chi connectivity index (χ1n) is 7.06. The molecule has 0 spiro atoms. The molecule has 116 valence electrons. The number of carbonyl (C=O) groups excluding carboxylic acids is 2. The van der Waals surface area contributed by atoms with Gasteiger partial charge in [-0.15, -0.1) is 0 Å². The van der Waals surface area contributed by atoms with Crippen LogP contribution in [0.25, 0.3) is 0 Å². The number of hydrogen-bond donors (Lipinski definition) is 0. The van der Waals surface area contributed by atoms with E-state index in [1.807, 2.05) is 13.8 Å². The average Bonchev–Trinajstić information content (AvgIpc) is 2.72. The van der Waals surface area contributed by atoms with Crippen molar-refractivity contribution in [3.05, 3.63) is 0 Å². The van der Waals surface area contributed by atoms with Crippen LogP contribution < -0.4 is 0 Å². The molecule has 0 amide bonds. The molecular weight excluding hydrogens is 264 g/mol. The van der Waals surface area contributed by atoms with Gasteiger partial charge < -0.3 is 18.9 Å². The maximum Gasteiger partial charge on any atom is 0.305 e. The van der Waals surface area contributed by atoms with Crippen molar-refractivity contribution in [2.75, 3.05) is 19.8 Å². The lowest BCUT2D eigenvalue weighted by Crippen LogP contribution is -2.25. The zero-order valence-corrected chi connectivity index (χ0v) is 12.5. The van der Waals surface area contributed by atoms with E-state index in [1.165, 1.54) is 0 Å². The molecule has 1 saturated heterocycles. The highest BCUT2D eigenvalue weighted by molar-refractivity contribution is 5.70. The van der Waals surface area contributed by atoms with Crippen molar-refractivity contribution >= 4 is 11.9 Å². The molecule has 1 heterocycles. The highest BCUT2D eigenvalue weighted by atomic mass is 16.7. The Morgan fingerprint density at radius 2 is 1.75 bits per heavy atom. The molecule has 1 aliphatic rings. The average molecular weight is 288 g/mol. The third-order valence-corrected chi connectivity index (χ3v) is 2.81. The second-order valence-electron chi connectivity index (χ2n) is 5.15. The Bertz CT molecular complexity index is 326. The fraction of sp³-hybridized carbons (Fsp3) is 0.857. The fourth-order valence-electron chi connectivity index (χ4n) is 1.88. The molecule has 0 aromatic rings. The third kappa shape index (κ3) is 6.86.